The van der Waals surface area contributed by atoms with E-state index in [9.17, 15) is 4.79 Å². The minimum Gasteiger partial charge on any atom is -0.497 e. The number of rotatable bonds is 9. The van der Waals surface area contributed by atoms with E-state index >= 15 is 0 Å². The highest BCUT2D eigenvalue weighted by molar-refractivity contribution is 5.75. The van der Waals surface area contributed by atoms with Gasteiger partial charge < -0.3 is 34.1 Å². The van der Waals surface area contributed by atoms with Crippen molar-refractivity contribution in [2.45, 2.75) is 12.6 Å². The van der Waals surface area contributed by atoms with Gasteiger partial charge in [0.1, 0.15) is 23.4 Å². The number of nitrogens with one attached hydrogen (secondary N) is 2. The molecule has 0 aliphatic carbocycles. The summed E-state index contributed by atoms with van der Waals surface area (Å²) in [6, 6.07) is 10.1. The van der Waals surface area contributed by atoms with E-state index in [1.54, 1.807) is 46.8 Å². The highest BCUT2D eigenvalue weighted by atomic mass is 16.5. The minimum absolute atomic E-state index is 0.306. The summed E-state index contributed by atoms with van der Waals surface area (Å²) in [6.45, 7) is 0.306. The normalized spacial score (nSPS) is 11.4. The Bertz CT molecular complexity index is 1040. The summed E-state index contributed by atoms with van der Waals surface area (Å²) < 4.78 is 23.2. The molecule has 0 saturated carbocycles. The number of imidazole rings is 1. The van der Waals surface area contributed by atoms with Crippen LogP contribution < -0.4 is 29.6 Å². The SMILES string of the molecule is COc1cc(OC)cc(C(NC(=O)NCc2ccc(OC)c(OC)c2)c2nccn2C)c1. The predicted molar refractivity (Wildman–Crippen MR) is 120 cm³/mol. The van der Waals surface area contributed by atoms with E-state index in [4.69, 9.17) is 18.9 Å². The molecular formula is C23H28N4O5. The lowest BCUT2D eigenvalue weighted by Crippen LogP contribution is -2.39. The van der Waals surface area contributed by atoms with Crippen LogP contribution in [0.25, 0.3) is 0 Å². The van der Waals surface area contributed by atoms with Gasteiger partial charge in [-0.15, -0.1) is 0 Å². The summed E-state index contributed by atoms with van der Waals surface area (Å²) in [7, 11) is 8.18. The van der Waals surface area contributed by atoms with Crippen LogP contribution in [-0.4, -0.2) is 44.0 Å². The monoisotopic (exact) mass is 440 g/mol. The average molecular weight is 441 g/mol. The van der Waals surface area contributed by atoms with Crippen LogP contribution in [0.5, 0.6) is 23.0 Å². The van der Waals surface area contributed by atoms with E-state index in [0.717, 1.165) is 11.1 Å². The summed E-state index contributed by atoms with van der Waals surface area (Å²) in [5, 5.41) is 5.88. The first-order valence-electron chi connectivity index (χ1n) is 9.94. The van der Waals surface area contributed by atoms with Crippen molar-refractivity contribution in [2.75, 3.05) is 28.4 Å². The third kappa shape index (κ3) is 5.23. The van der Waals surface area contributed by atoms with E-state index in [0.29, 0.717) is 35.4 Å². The van der Waals surface area contributed by atoms with Crippen molar-refractivity contribution < 1.29 is 23.7 Å². The second-order valence-corrected chi connectivity index (χ2v) is 6.99. The Labute approximate surface area is 187 Å². The molecule has 3 aromatic rings. The first-order valence-corrected chi connectivity index (χ1v) is 9.94. The number of aromatic nitrogens is 2. The van der Waals surface area contributed by atoms with Crippen LogP contribution in [0.3, 0.4) is 0 Å². The number of amides is 2. The number of ether oxygens (including phenoxy) is 4. The van der Waals surface area contributed by atoms with Gasteiger partial charge in [0.25, 0.3) is 0 Å². The van der Waals surface area contributed by atoms with Crippen LogP contribution in [0.15, 0.2) is 48.8 Å². The van der Waals surface area contributed by atoms with Gasteiger partial charge >= 0.3 is 6.03 Å². The molecule has 2 aromatic carbocycles. The van der Waals surface area contributed by atoms with Crippen LogP contribution in [0.2, 0.25) is 0 Å². The highest BCUT2D eigenvalue weighted by Crippen LogP contribution is 2.30. The van der Waals surface area contributed by atoms with Gasteiger partial charge in [-0.3, -0.25) is 0 Å². The molecule has 0 bridgehead atoms. The molecule has 2 N–H and O–H groups in total. The molecule has 32 heavy (non-hydrogen) atoms. The standard InChI is InChI=1S/C23H28N4O5/c1-27-9-8-24-22(27)21(16-11-17(29-2)13-18(12-16)30-3)26-23(28)25-14-15-6-7-19(31-4)20(10-15)32-5/h6-13,21H,14H2,1-5H3,(H2,25,26,28). The molecule has 1 atom stereocenters. The van der Waals surface area contributed by atoms with Crippen molar-refractivity contribution in [1.82, 2.24) is 20.2 Å². The van der Waals surface area contributed by atoms with Gasteiger partial charge in [-0.25, -0.2) is 9.78 Å². The lowest BCUT2D eigenvalue weighted by atomic mass is 10.1. The molecule has 0 aliphatic heterocycles. The smallest absolute Gasteiger partial charge is 0.315 e. The molecule has 0 aliphatic rings. The molecular weight excluding hydrogens is 412 g/mol. The molecule has 170 valence electrons. The van der Waals surface area contributed by atoms with Crippen LogP contribution in [0.1, 0.15) is 23.0 Å². The van der Waals surface area contributed by atoms with Gasteiger partial charge in [-0.2, -0.15) is 0 Å². The van der Waals surface area contributed by atoms with Crippen molar-refractivity contribution in [3.8, 4) is 23.0 Å². The van der Waals surface area contributed by atoms with Crippen LogP contribution in [-0.2, 0) is 13.6 Å². The molecule has 0 radical (unpaired) electrons. The maximum atomic E-state index is 12.8. The summed E-state index contributed by atoms with van der Waals surface area (Å²) in [4.78, 5) is 17.2. The third-order valence-corrected chi connectivity index (χ3v) is 5.00. The van der Waals surface area contributed by atoms with Gasteiger partial charge in [0.15, 0.2) is 11.5 Å². The van der Waals surface area contributed by atoms with Crippen molar-refractivity contribution in [3.05, 3.63) is 65.7 Å². The number of urea groups is 1. The van der Waals surface area contributed by atoms with Crippen molar-refractivity contribution in [2.24, 2.45) is 7.05 Å². The number of benzene rings is 2. The molecule has 3 rings (SSSR count). The highest BCUT2D eigenvalue weighted by Gasteiger charge is 2.22. The van der Waals surface area contributed by atoms with Gasteiger partial charge in [0, 0.05) is 32.1 Å². The van der Waals surface area contributed by atoms with Gasteiger partial charge in [-0.05, 0) is 35.4 Å². The summed E-state index contributed by atoms with van der Waals surface area (Å²) in [5.74, 6) is 3.13. The van der Waals surface area contributed by atoms with E-state index in [1.807, 2.05) is 42.1 Å². The van der Waals surface area contributed by atoms with Crippen LogP contribution in [0, 0.1) is 0 Å². The molecule has 0 spiro atoms. The molecule has 9 heteroatoms. The zero-order valence-corrected chi connectivity index (χ0v) is 18.8. The Morgan fingerprint density at radius 2 is 1.66 bits per heavy atom. The molecule has 1 heterocycles. The predicted octanol–water partition coefficient (Wildman–Crippen LogP) is 3.04. The maximum absolute atomic E-state index is 12.8. The number of aryl methyl sites for hydroxylation is 1. The molecule has 0 saturated heterocycles. The van der Waals surface area contributed by atoms with Crippen molar-refractivity contribution >= 4 is 6.03 Å². The van der Waals surface area contributed by atoms with Crippen LogP contribution in [0.4, 0.5) is 4.79 Å². The lowest BCUT2D eigenvalue weighted by Gasteiger charge is -2.21. The number of carbonyl (C=O) groups is 1. The zero-order valence-electron chi connectivity index (χ0n) is 18.8. The summed E-state index contributed by atoms with van der Waals surface area (Å²) in [5.41, 5.74) is 1.64. The Kier molecular flexibility index (Phi) is 7.43. The molecule has 1 aromatic heterocycles. The van der Waals surface area contributed by atoms with E-state index in [2.05, 4.69) is 15.6 Å². The Balaban J connectivity index is 1.80. The van der Waals surface area contributed by atoms with E-state index in [1.165, 1.54) is 0 Å². The fraction of sp³-hybridized carbons (Fsp3) is 0.304. The average Bonchev–Trinajstić information content (AvgIpc) is 3.25. The van der Waals surface area contributed by atoms with Gasteiger partial charge in [0.05, 0.1) is 28.4 Å². The first-order chi connectivity index (χ1) is 15.5. The summed E-state index contributed by atoms with van der Waals surface area (Å²) in [6.07, 6.45) is 3.51. The van der Waals surface area contributed by atoms with Crippen molar-refractivity contribution in [3.63, 3.8) is 0 Å². The second kappa shape index (κ2) is 10.4. The lowest BCUT2D eigenvalue weighted by molar-refractivity contribution is 0.237. The minimum atomic E-state index is -0.524. The fourth-order valence-corrected chi connectivity index (χ4v) is 3.30. The van der Waals surface area contributed by atoms with Gasteiger partial charge in [0.2, 0.25) is 0 Å². The zero-order chi connectivity index (χ0) is 23.1. The number of hydrogen-bond donors (Lipinski definition) is 2. The molecule has 1 unspecified atom stereocenters. The Hall–Kier alpha value is -3.88. The summed E-state index contributed by atoms with van der Waals surface area (Å²) >= 11 is 0. The number of carbonyl (C=O) groups excluding carboxylic acids is 1. The number of methoxy groups -OCH3 is 4. The fourth-order valence-electron chi connectivity index (χ4n) is 3.30. The largest absolute Gasteiger partial charge is 0.497 e. The first kappa shape index (κ1) is 22.8. The van der Waals surface area contributed by atoms with Gasteiger partial charge in [-0.1, -0.05) is 6.07 Å². The Morgan fingerprint density at radius 1 is 0.969 bits per heavy atom. The van der Waals surface area contributed by atoms with Crippen molar-refractivity contribution in [1.29, 1.82) is 0 Å². The maximum Gasteiger partial charge on any atom is 0.315 e. The second-order valence-electron chi connectivity index (χ2n) is 6.99. The molecule has 2 amide bonds. The number of hydrogen-bond acceptors (Lipinski definition) is 6. The molecule has 0 fully saturated rings. The van der Waals surface area contributed by atoms with E-state index < -0.39 is 6.04 Å². The Morgan fingerprint density at radius 3 is 2.22 bits per heavy atom. The molecule has 9 nitrogen and oxygen atoms in total. The topological polar surface area (TPSA) is 95.9 Å². The quantitative estimate of drug-likeness (QED) is 0.531. The van der Waals surface area contributed by atoms with E-state index in [-0.39, 0.29) is 6.03 Å². The third-order valence-electron chi connectivity index (χ3n) is 5.00. The number of nitrogens with zero attached hydrogens (tertiary/aromatic N) is 2. The van der Waals surface area contributed by atoms with Crippen LogP contribution >= 0.6 is 0 Å².